The molecule has 0 saturated carbocycles. The maximum atomic E-state index is 5.74. The van der Waals surface area contributed by atoms with Gasteiger partial charge in [0.1, 0.15) is 5.82 Å². The van der Waals surface area contributed by atoms with Gasteiger partial charge in [0.25, 0.3) is 0 Å². The fraction of sp³-hybridized carbons (Fsp3) is 0.421. The van der Waals surface area contributed by atoms with Crippen molar-refractivity contribution in [1.29, 1.82) is 0 Å². The molecule has 0 saturated heterocycles. The quantitative estimate of drug-likeness (QED) is 0.307. The van der Waals surface area contributed by atoms with Crippen LogP contribution in [0.1, 0.15) is 38.2 Å². The van der Waals surface area contributed by atoms with Crippen molar-refractivity contribution >= 4 is 17.5 Å². The van der Waals surface area contributed by atoms with Crippen LogP contribution in [-0.4, -0.2) is 28.8 Å². The highest BCUT2D eigenvalue weighted by Crippen LogP contribution is 2.15. The number of aryl methyl sites for hydroxylation is 1. The summed E-state index contributed by atoms with van der Waals surface area (Å²) in [6.07, 6.45) is 12.2. The first-order valence-corrected chi connectivity index (χ1v) is 8.72. The number of nitrogen functional groups attached to an aromatic ring is 1. The van der Waals surface area contributed by atoms with E-state index in [9.17, 15) is 0 Å². The number of nitrogens with zero attached hydrogens (tertiary/aromatic N) is 3. The minimum atomic E-state index is 0.288. The van der Waals surface area contributed by atoms with Gasteiger partial charge in [0.05, 0.1) is 5.71 Å². The molecule has 0 aromatic carbocycles. The second-order valence-corrected chi connectivity index (χ2v) is 5.73. The average Bonchev–Trinajstić information content (AvgIpc) is 2.59. The Bertz CT molecular complexity index is 618. The molecule has 0 radical (unpaired) electrons. The van der Waals surface area contributed by atoms with E-state index in [1.54, 1.807) is 18.3 Å². The summed E-state index contributed by atoms with van der Waals surface area (Å²) in [6, 6.07) is 0. The summed E-state index contributed by atoms with van der Waals surface area (Å²) < 4.78 is 0. The van der Waals surface area contributed by atoms with Crippen molar-refractivity contribution in [3.63, 3.8) is 0 Å². The third-order valence-electron chi connectivity index (χ3n) is 3.56. The fourth-order valence-corrected chi connectivity index (χ4v) is 2.23. The van der Waals surface area contributed by atoms with Crippen LogP contribution in [0, 0.1) is 0 Å². The number of hydrogen-bond acceptors (Lipinski definition) is 6. The van der Waals surface area contributed by atoms with Crippen LogP contribution >= 0.6 is 0 Å². The number of hydrogen-bond donors (Lipinski definition) is 3. The van der Waals surface area contributed by atoms with E-state index in [1.807, 2.05) is 6.08 Å². The van der Waals surface area contributed by atoms with Crippen LogP contribution in [0.5, 0.6) is 0 Å². The number of rotatable bonds is 12. The van der Waals surface area contributed by atoms with Crippen molar-refractivity contribution in [3.05, 3.63) is 48.8 Å². The Morgan fingerprint density at radius 1 is 1.36 bits per heavy atom. The molecule has 0 aliphatic rings. The van der Waals surface area contributed by atoms with Crippen LogP contribution in [0.4, 0.5) is 11.8 Å². The molecule has 0 spiro atoms. The maximum absolute atomic E-state index is 5.74. The van der Waals surface area contributed by atoms with Crippen LogP contribution in [0.2, 0.25) is 0 Å². The Kier molecular flexibility index (Phi) is 9.67. The summed E-state index contributed by atoms with van der Waals surface area (Å²) in [5.74, 6) is 1.11. The van der Waals surface area contributed by atoms with Crippen molar-refractivity contribution in [1.82, 2.24) is 9.97 Å². The van der Waals surface area contributed by atoms with Crippen LogP contribution < -0.4 is 16.8 Å². The van der Waals surface area contributed by atoms with Crippen molar-refractivity contribution in [2.24, 2.45) is 10.7 Å². The first-order valence-electron chi connectivity index (χ1n) is 8.72. The van der Waals surface area contributed by atoms with Gasteiger partial charge < -0.3 is 16.8 Å². The third kappa shape index (κ3) is 8.15. The van der Waals surface area contributed by atoms with Crippen LogP contribution in [0.3, 0.4) is 0 Å². The Hall–Kier alpha value is -2.63. The number of aliphatic imine (C=N–C) groups is 1. The molecule has 0 aliphatic heterocycles. The molecule has 0 bridgehead atoms. The van der Waals surface area contributed by atoms with E-state index < -0.39 is 0 Å². The minimum Gasteiger partial charge on any atom is -0.397 e. The zero-order valence-electron chi connectivity index (χ0n) is 15.2. The van der Waals surface area contributed by atoms with Crippen LogP contribution in [0.25, 0.3) is 0 Å². The van der Waals surface area contributed by atoms with Gasteiger partial charge >= 0.3 is 0 Å². The molecule has 1 heterocycles. The molecule has 0 atom stereocenters. The standard InChI is InChI=1S/C19H30N6/c1-4-6-8-12-23-18-16(14-24-19(21)25-18)10-9-13-22-17(15(3)20)11-7-5-2/h5,7,11,14H,2-4,6,8-10,12-13,20H2,1H3,(H3,21,23,24,25)/b11-7-,22-17+. The zero-order valence-corrected chi connectivity index (χ0v) is 15.2. The first-order chi connectivity index (χ1) is 12.1. The molecule has 0 unspecified atom stereocenters. The monoisotopic (exact) mass is 342 g/mol. The number of allylic oxidation sites excluding steroid dienone is 3. The van der Waals surface area contributed by atoms with Crippen molar-refractivity contribution < 1.29 is 0 Å². The summed E-state index contributed by atoms with van der Waals surface area (Å²) in [7, 11) is 0. The largest absolute Gasteiger partial charge is 0.397 e. The predicted molar refractivity (Wildman–Crippen MR) is 108 cm³/mol. The molecule has 1 aromatic rings. The molecule has 1 aromatic heterocycles. The predicted octanol–water partition coefficient (Wildman–Crippen LogP) is 3.25. The first kappa shape index (κ1) is 20.4. The van der Waals surface area contributed by atoms with Gasteiger partial charge in [-0.2, -0.15) is 4.98 Å². The second-order valence-electron chi connectivity index (χ2n) is 5.73. The van der Waals surface area contributed by atoms with Gasteiger partial charge in [-0.15, -0.1) is 0 Å². The lowest BCUT2D eigenvalue weighted by Crippen LogP contribution is -2.10. The van der Waals surface area contributed by atoms with Gasteiger partial charge in [0.2, 0.25) is 5.95 Å². The number of nitrogens with one attached hydrogen (secondary N) is 1. The smallest absolute Gasteiger partial charge is 0.221 e. The molecule has 25 heavy (non-hydrogen) atoms. The number of unbranched alkanes of at least 4 members (excludes halogenated alkanes) is 2. The van der Waals surface area contributed by atoms with Gasteiger partial charge in [-0.3, -0.25) is 4.99 Å². The van der Waals surface area contributed by atoms with E-state index in [0.717, 1.165) is 37.2 Å². The third-order valence-corrected chi connectivity index (χ3v) is 3.56. The summed E-state index contributed by atoms with van der Waals surface area (Å²) in [5, 5.41) is 3.36. The Balaban J connectivity index is 2.62. The number of aromatic nitrogens is 2. The molecule has 136 valence electrons. The molecule has 0 amide bonds. The fourth-order valence-electron chi connectivity index (χ4n) is 2.23. The molecule has 5 N–H and O–H groups in total. The highest BCUT2D eigenvalue weighted by molar-refractivity contribution is 6.07. The van der Waals surface area contributed by atoms with Gasteiger partial charge in [-0.1, -0.05) is 45.1 Å². The highest BCUT2D eigenvalue weighted by Gasteiger charge is 2.06. The maximum Gasteiger partial charge on any atom is 0.221 e. The van der Waals surface area contributed by atoms with E-state index in [0.29, 0.717) is 18.0 Å². The lowest BCUT2D eigenvalue weighted by molar-refractivity contribution is 0.740. The summed E-state index contributed by atoms with van der Waals surface area (Å²) >= 11 is 0. The summed E-state index contributed by atoms with van der Waals surface area (Å²) in [6.45, 7) is 11.1. The van der Waals surface area contributed by atoms with Crippen molar-refractivity contribution in [2.75, 3.05) is 24.1 Å². The molecular formula is C19H30N6. The number of anilines is 2. The van der Waals surface area contributed by atoms with Gasteiger partial charge in [-0.25, -0.2) is 4.98 Å². The van der Waals surface area contributed by atoms with E-state index >= 15 is 0 Å². The molecular weight excluding hydrogens is 312 g/mol. The topological polar surface area (TPSA) is 102 Å². The average molecular weight is 342 g/mol. The molecule has 6 heteroatoms. The molecule has 0 aliphatic carbocycles. The van der Waals surface area contributed by atoms with Crippen LogP contribution in [-0.2, 0) is 6.42 Å². The molecule has 0 fully saturated rings. The molecule has 6 nitrogen and oxygen atoms in total. The van der Waals surface area contributed by atoms with Gasteiger partial charge in [0, 0.05) is 30.5 Å². The SMILES string of the molecule is C=C/C=C\C(=N/CCCc1cnc(N)nc1NCCCCC)C(=C)N. The van der Waals surface area contributed by atoms with Crippen molar-refractivity contribution in [3.8, 4) is 0 Å². The lowest BCUT2D eigenvalue weighted by atomic mass is 10.1. The Labute approximate surface area is 150 Å². The summed E-state index contributed by atoms with van der Waals surface area (Å²) in [5.41, 5.74) is 13.6. The van der Waals surface area contributed by atoms with E-state index in [2.05, 4.69) is 40.4 Å². The zero-order chi connectivity index (χ0) is 18.5. The van der Waals surface area contributed by atoms with Gasteiger partial charge in [-0.05, 0) is 25.3 Å². The van der Waals surface area contributed by atoms with E-state index in [4.69, 9.17) is 11.5 Å². The van der Waals surface area contributed by atoms with Gasteiger partial charge in [0.15, 0.2) is 0 Å². The number of nitrogens with two attached hydrogens (primary N) is 2. The van der Waals surface area contributed by atoms with E-state index in [-0.39, 0.29) is 5.95 Å². The summed E-state index contributed by atoms with van der Waals surface area (Å²) in [4.78, 5) is 12.9. The normalized spacial score (nSPS) is 11.6. The highest BCUT2D eigenvalue weighted by atomic mass is 15.1. The van der Waals surface area contributed by atoms with Crippen LogP contribution in [0.15, 0.2) is 48.3 Å². The Morgan fingerprint density at radius 2 is 2.16 bits per heavy atom. The minimum absolute atomic E-state index is 0.288. The Morgan fingerprint density at radius 3 is 2.84 bits per heavy atom. The van der Waals surface area contributed by atoms with Crippen molar-refractivity contribution in [2.45, 2.75) is 39.0 Å². The lowest BCUT2D eigenvalue weighted by Gasteiger charge is -2.11. The molecule has 1 rings (SSSR count). The van der Waals surface area contributed by atoms with E-state index in [1.165, 1.54) is 12.8 Å². The second kappa shape index (κ2) is 11.8.